The summed E-state index contributed by atoms with van der Waals surface area (Å²) in [6, 6.07) is 12.4. The second-order valence-electron chi connectivity index (χ2n) is 3.38. The SMILES string of the molecule is N#Cc1cccc(Nc2ncccc2C=O)c1. The summed E-state index contributed by atoms with van der Waals surface area (Å²) >= 11 is 0. The van der Waals surface area contributed by atoms with Crippen molar-refractivity contribution in [3.8, 4) is 6.07 Å². The van der Waals surface area contributed by atoms with Crippen LogP contribution in [0.25, 0.3) is 0 Å². The summed E-state index contributed by atoms with van der Waals surface area (Å²) in [7, 11) is 0. The fourth-order valence-corrected chi connectivity index (χ4v) is 1.42. The second kappa shape index (κ2) is 4.90. The van der Waals surface area contributed by atoms with Crippen LogP contribution in [0.4, 0.5) is 11.5 Å². The lowest BCUT2D eigenvalue weighted by molar-refractivity contribution is 0.112. The number of carbonyl (C=O) groups is 1. The first kappa shape index (κ1) is 10.8. The molecule has 4 nitrogen and oxygen atoms in total. The minimum atomic E-state index is 0.481. The molecule has 4 heteroatoms. The van der Waals surface area contributed by atoms with Gasteiger partial charge in [0, 0.05) is 11.9 Å². The Balaban J connectivity index is 2.31. The molecule has 0 fully saturated rings. The standard InChI is InChI=1S/C13H9N3O/c14-8-10-3-1-5-12(7-10)16-13-11(9-17)4-2-6-15-13/h1-7,9H,(H,15,16). The molecular weight excluding hydrogens is 214 g/mol. The molecule has 0 atom stereocenters. The third-order valence-corrected chi connectivity index (χ3v) is 2.22. The van der Waals surface area contributed by atoms with Gasteiger partial charge in [-0.2, -0.15) is 5.26 Å². The van der Waals surface area contributed by atoms with Gasteiger partial charge in [0.05, 0.1) is 17.2 Å². The van der Waals surface area contributed by atoms with Crippen LogP contribution in [0.5, 0.6) is 0 Å². The van der Waals surface area contributed by atoms with Gasteiger partial charge in [-0.15, -0.1) is 0 Å². The molecule has 0 aliphatic carbocycles. The summed E-state index contributed by atoms with van der Waals surface area (Å²) in [5, 5.41) is 11.8. The number of anilines is 2. The number of pyridine rings is 1. The van der Waals surface area contributed by atoms with Crippen molar-refractivity contribution in [3.05, 3.63) is 53.7 Å². The zero-order chi connectivity index (χ0) is 12.1. The van der Waals surface area contributed by atoms with Crippen LogP contribution in [0.15, 0.2) is 42.6 Å². The number of benzene rings is 1. The average Bonchev–Trinajstić information content (AvgIpc) is 2.39. The van der Waals surface area contributed by atoms with E-state index in [-0.39, 0.29) is 0 Å². The summed E-state index contributed by atoms with van der Waals surface area (Å²) in [5.41, 5.74) is 1.76. The zero-order valence-electron chi connectivity index (χ0n) is 8.92. The molecule has 2 rings (SSSR count). The van der Waals surface area contributed by atoms with Gasteiger partial charge in [0.1, 0.15) is 5.82 Å². The summed E-state index contributed by atoms with van der Waals surface area (Å²) in [5.74, 6) is 0.484. The van der Waals surface area contributed by atoms with Crippen LogP contribution in [0.2, 0.25) is 0 Å². The number of aromatic nitrogens is 1. The molecule has 0 saturated heterocycles. The van der Waals surface area contributed by atoms with Gasteiger partial charge in [-0.25, -0.2) is 4.98 Å². The van der Waals surface area contributed by atoms with Gasteiger partial charge < -0.3 is 5.32 Å². The smallest absolute Gasteiger partial charge is 0.153 e. The molecule has 0 unspecified atom stereocenters. The highest BCUT2D eigenvalue weighted by Gasteiger charge is 2.02. The maximum absolute atomic E-state index is 10.8. The third-order valence-electron chi connectivity index (χ3n) is 2.22. The van der Waals surface area contributed by atoms with Crippen molar-refractivity contribution in [2.75, 3.05) is 5.32 Å². The topological polar surface area (TPSA) is 65.8 Å². The number of nitriles is 1. The summed E-state index contributed by atoms with van der Waals surface area (Å²) in [6.07, 6.45) is 2.34. The molecule has 0 bridgehead atoms. The Bertz CT molecular complexity index is 587. The quantitative estimate of drug-likeness (QED) is 0.812. The fourth-order valence-electron chi connectivity index (χ4n) is 1.42. The maximum Gasteiger partial charge on any atom is 0.153 e. The van der Waals surface area contributed by atoms with Gasteiger partial charge in [-0.3, -0.25) is 4.79 Å². The highest BCUT2D eigenvalue weighted by Crippen LogP contribution is 2.17. The molecule has 0 saturated carbocycles. The van der Waals surface area contributed by atoms with Gasteiger partial charge in [0.2, 0.25) is 0 Å². The van der Waals surface area contributed by atoms with E-state index in [0.717, 1.165) is 12.0 Å². The van der Waals surface area contributed by atoms with Gasteiger partial charge in [-0.05, 0) is 30.3 Å². The second-order valence-corrected chi connectivity index (χ2v) is 3.38. The van der Waals surface area contributed by atoms with Gasteiger partial charge >= 0.3 is 0 Å². The first-order valence-electron chi connectivity index (χ1n) is 5.01. The Morgan fingerprint density at radius 1 is 1.29 bits per heavy atom. The van der Waals surface area contributed by atoms with Crippen LogP contribution in [0.1, 0.15) is 15.9 Å². The Kier molecular flexibility index (Phi) is 3.13. The lowest BCUT2D eigenvalue weighted by Crippen LogP contribution is -1.97. The fraction of sp³-hybridized carbons (Fsp3) is 0. The third kappa shape index (κ3) is 2.47. The molecule has 0 spiro atoms. The lowest BCUT2D eigenvalue weighted by atomic mass is 10.2. The molecule has 0 radical (unpaired) electrons. The molecule has 0 aliphatic rings. The Labute approximate surface area is 98.5 Å². The number of nitrogens with one attached hydrogen (secondary N) is 1. The predicted octanol–water partition coefficient (Wildman–Crippen LogP) is 2.51. The van der Waals surface area contributed by atoms with Crippen molar-refractivity contribution in [1.29, 1.82) is 5.26 Å². The van der Waals surface area contributed by atoms with E-state index < -0.39 is 0 Å². The highest BCUT2D eigenvalue weighted by atomic mass is 16.1. The average molecular weight is 223 g/mol. The van der Waals surface area contributed by atoms with E-state index in [9.17, 15) is 4.79 Å². The van der Waals surface area contributed by atoms with E-state index in [1.165, 1.54) is 0 Å². The Morgan fingerprint density at radius 2 is 2.18 bits per heavy atom. The van der Waals surface area contributed by atoms with E-state index in [2.05, 4.69) is 16.4 Å². The Morgan fingerprint density at radius 3 is 2.94 bits per heavy atom. The number of rotatable bonds is 3. The molecule has 1 heterocycles. The van der Waals surface area contributed by atoms with E-state index >= 15 is 0 Å². The van der Waals surface area contributed by atoms with Crippen LogP contribution in [-0.2, 0) is 0 Å². The minimum absolute atomic E-state index is 0.481. The molecular formula is C13H9N3O. The van der Waals surface area contributed by atoms with Crippen LogP contribution in [-0.4, -0.2) is 11.3 Å². The van der Waals surface area contributed by atoms with Crippen molar-refractivity contribution in [3.63, 3.8) is 0 Å². The molecule has 17 heavy (non-hydrogen) atoms. The number of nitrogens with zero attached hydrogens (tertiary/aromatic N) is 2. The van der Waals surface area contributed by atoms with E-state index in [4.69, 9.17) is 5.26 Å². The summed E-state index contributed by atoms with van der Waals surface area (Å²) in [4.78, 5) is 14.9. The van der Waals surface area contributed by atoms with Crippen molar-refractivity contribution in [2.24, 2.45) is 0 Å². The van der Waals surface area contributed by atoms with Crippen molar-refractivity contribution < 1.29 is 4.79 Å². The molecule has 2 aromatic rings. The van der Waals surface area contributed by atoms with Gasteiger partial charge in [0.15, 0.2) is 6.29 Å². The van der Waals surface area contributed by atoms with Gasteiger partial charge in [-0.1, -0.05) is 6.07 Å². The van der Waals surface area contributed by atoms with Crippen LogP contribution >= 0.6 is 0 Å². The number of aldehydes is 1. The number of carbonyl (C=O) groups excluding carboxylic acids is 1. The van der Waals surface area contributed by atoms with Crippen molar-refractivity contribution in [1.82, 2.24) is 4.98 Å². The molecule has 82 valence electrons. The molecule has 1 aromatic heterocycles. The van der Waals surface area contributed by atoms with Crippen LogP contribution < -0.4 is 5.32 Å². The maximum atomic E-state index is 10.8. The number of hydrogen-bond acceptors (Lipinski definition) is 4. The molecule has 1 N–H and O–H groups in total. The zero-order valence-corrected chi connectivity index (χ0v) is 8.92. The summed E-state index contributed by atoms with van der Waals surface area (Å²) in [6.45, 7) is 0. The van der Waals surface area contributed by atoms with E-state index in [0.29, 0.717) is 16.9 Å². The van der Waals surface area contributed by atoms with Gasteiger partial charge in [0.25, 0.3) is 0 Å². The monoisotopic (exact) mass is 223 g/mol. The normalized spacial score (nSPS) is 9.35. The summed E-state index contributed by atoms with van der Waals surface area (Å²) < 4.78 is 0. The van der Waals surface area contributed by atoms with Crippen molar-refractivity contribution in [2.45, 2.75) is 0 Å². The van der Waals surface area contributed by atoms with Crippen molar-refractivity contribution >= 4 is 17.8 Å². The predicted molar refractivity (Wildman–Crippen MR) is 64.1 cm³/mol. The Hall–Kier alpha value is -2.67. The minimum Gasteiger partial charge on any atom is -0.340 e. The van der Waals surface area contributed by atoms with E-state index in [1.807, 2.05) is 6.07 Å². The van der Waals surface area contributed by atoms with Crippen LogP contribution in [0, 0.1) is 11.3 Å². The highest BCUT2D eigenvalue weighted by molar-refractivity contribution is 5.84. The first-order chi connectivity index (χ1) is 8.33. The molecule has 1 aromatic carbocycles. The lowest BCUT2D eigenvalue weighted by Gasteiger charge is -2.07. The van der Waals surface area contributed by atoms with E-state index in [1.54, 1.807) is 36.5 Å². The number of hydrogen-bond donors (Lipinski definition) is 1. The molecule has 0 amide bonds. The first-order valence-corrected chi connectivity index (χ1v) is 5.01. The molecule has 0 aliphatic heterocycles. The largest absolute Gasteiger partial charge is 0.340 e. The van der Waals surface area contributed by atoms with Crippen LogP contribution in [0.3, 0.4) is 0 Å².